The summed E-state index contributed by atoms with van der Waals surface area (Å²) in [6, 6.07) is 0. The molecule has 0 aliphatic heterocycles. The second-order valence-corrected chi connectivity index (χ2v) is 1.79. The van der Waals surface area contributed by atoms with E-state index in [1.807, 2.05) is 0 Å². The summed E-state index contributed by atoms with van der Waals surface area (Å²) in [6.07, 6.45) is 0. The van der Waals surface area contributed by atoms with Crippen LogP contribution in [0.4, 0.5) is 0 Å². The number of hydrogen-bond acceptors (Lipinski definition) is 1. The van der Waals surface area contributed by atoms with Gasteiger partial charge in [0.2, 0.25) is 0 Å². The normalized spacial score (nSPS) is 7.50. The molecule has 0 fully saturated rings. The summed E-state index contributed by atoms with van der Waals surface area (Å²) in [5, 5.41) is 0. The molecule has 3 heteroatoms. The lowest BCUT2D eigenvalue weighted by Crippen LogP contribution is -1.85. The maximum atomic E-state index is 2.89. The van der Waals surface area contributed by atoms with Crippen molar-refractivity contribution in [3.63, 3.8) is 0 Å². The first-order valence-electron chi connectivity index (χ1n) is 0.810. The molecule has 1 N–H and O–H groups in total. The monoisotopic (exact) mass is 283 g/mol. The van der Waals surface area contributed by atoms with Crippen molar-refractivity contribution in [3.8, 4) is 0 Å². The second kappa shape index (κ2) is 4.42. The van der Waals surface area contributed by atoms with Crippen LogP contribution in [0.5, 0.6) is 0 Å². The van der Waals surface area contributed by atoms with Crippen LogP contribution in [0.3, 0.4) is 0 Å². The first-order chi connectivity index (χ1) is 1.91. The zero-order chi connectivity index (χ0) is 3.41. The van der Waals surface area contributed by atoms with Gasteiger partial charge in [0, 0.05) is 22.9 Å². The van der Waals surface area contributed by atoms with Gasteiger partial charge in [-0.05, 0) is 0 Å². The van der Waals surface area contributed by atoms with Crippen molar-refractivity contribution < 1.29 is 0 Å². The molecular formula is CH3I2N. The van der Waals surface area contributed by atoms with E-state index >= 15 is 0 Å². The van der Waals surface area contributed by atoms with Crippen LogP contribution in [0.15, 0.2) is 0 Å². The van der Waals surface area contributed by atoms with Gasteiger partial charge in [0.05, 0.1) is 4.55 Å². The van der Waals surface area contributed by atoms with E-state index in [-0.39, 0.29) is 0 Å². The predicted molar refractivity (Wildman–Crippen MR) is 36.0 cm³/mol. The third-order valence-corrected chi connectivity index (χ3v) is 2.27. The Morgan fingerprint density at radius 3 is 2.00 bits per heavy atom. The molecule has 0 amide bonds. The number of halogens is 2. The van der Waals surface area contributed by atoms with E-state index in [9.17, 15) is 0 Å². The Balaban J connectivity index is 1.97. The number of hydrogen-bond donors (Lipinski definition) is 1. The number of alkyl halides is 1. The number of rotatable bonds is 1. The molecule has 0 aromatic heterocycles. The summed E-state index contributed by atoms with van der Waals surface area (Å²) in [7, 11) is 0. The van der Waals surface area contributed by atoms with Crippen LogP contribution < -0.4 is 3.53 Å². The molecular weight excluding hydrogens is 280 g/mol. The summed E-state index contributed by atoms with van der Waals surface area (Å²) in [5.74, 6) is 0. The van der Waals surface area contributed by atoms with Gasteiger partial charge >= 0.3 is 0 Å². The molecule has 0 aromatic rings. The Labute approximate surface area is 53.2 Å². The van der Waals surface area contributed by atoms with Gasteiger partial charge in [-0.15, -0.1) is 0 Å². The highest BCUT2D eigenvalue weighted by Gasteiger charge is 1.55. The van der Waals surface area contributed by atoms with Crippen LogP contribution in [0.25, 0.3) is 0 Å². The van der Waals surface area contributed by atoms with Crippen molar-refractivity contribution >= 4 is 45.5 Å². The average molecular weight is 283 g/mol. The summed E-state index contributed by atoms with van der Waals surface area (Å²) >= 11 is 4.33. The minimum absolute atomic E-state index is 1.03. The molecule has 0 saturated carbocycles. The van der Waals surface area contributed by atoms with Crippen LogP contribution in [-0.4, -0.2) is 4.55 Å². The molecule has 0 unspecified atom stereocenters. The highest BCUT2D eigenvalue weighted by atomic mass is 127. The first-order valence-corrected chi connectivity index (χ1v) is 3.41. The summed E-state index contributed by atoms with van der Waals surface area (Å²) in [6.45, 7) is 0. The molecule has 0 bridgehead atoms. The Morgan fingerprint density at radius 2 is 2.00 bits per heavy atom. The van der Waals surface area contributed by atoms with E-state index in [1.165, 1.54) is 0 Å². The van der Waals surface area contributed by atoms with Crippen molar-refractivity contribution in [2.75, 3.05) is 4.55 Å². The molecule has 0 radical (unpaired) electrons. The fraction of sp³-hybridized carbons (Fsp3) is 1.00. The maximum absolute atomic E-state index is 2.89. The molecule has 0 heterocycles. The van der Waals surface area contributed by atoms with E-state index in [4.69, 9.17) is 0 Å². The predicted octanol–water partition coefficient (Wildman–Crippen LogP) is 1.32. The van der Waals surface area contributed by atoms with Crippen LogP contribution in [0, 0.1) is 0 Å². The van der Waals surface area contributed by atoms with Gasteiger partial charge in [-0.3, -0.25) is 3.53 Å². The molecule has 0 atom stereocenters. The van der Waals surface area contributed by atoms with Crippen molar-refractivity contribution in [1.82, 2.24) is 3.53 Å². The van der Waals surface area contributed by atoms with E-state index in [0.29, 0.717) is 0 Å². The van der Waals surface area contributed by atoms with Crippen LogP contribution in [0.2, 0.25) is 0 Å². The van der Waals surface area contributed by atoms with E-state index in [1.54, 1.807) is 0 Å². The average Bonchev–Trinajstić information content (AvgIpc) is 1.37. The van der Waals surface area contributed by atoms with Gasteiger partial charge in [-0.2, -0.15) is 0 Å². The smallest absolute Gasteiger partial charge is 0.0569 e. The quantitative estimate of drug-likeness (QED) is 0.331. The third-order valence-electron chi connectivity index (χ3n) is 0.0505. The maximum Gasteiger partial charge on any atom is 0.0569 e. The van der Waals surface area contributed by atoms with E-state index in [0.717, 1.165) is 4.55 Å². The van der Waals surface area contributed by atoms with Gasteiger partial charge in [0.25, 0.3) is 0 Å². The van der Waals surface area contributed by atoms with Gasteiger partial charge in [-0.1, -0.05) is 22.6 Å². The second-order valence-electron chi connectivity index (χ2n) is 0.267. The largest absolute Gasteiger partial charge is 0.251 e. The molecule has 0 saturated heterocycles. The van der Waals surface area contributed by atoms with Crippen molar-refractivity contribution in [2.24, 2.45) is 0 Å². The zero-order valence-electron chi connectivity index (χ0n) is 1.96. The van der Waals surface area contributed by atoms with Gasteiger partial charge in [0.15, 0.2) is 0 Å². The van der Waals surface area contributed by atoms with E-state index < -0.39 is 0 Å². The summed E-state index contributed by atoms with van der Waals surface area (Å²) in [5.41, 5.74) is 0. The molecule has 1 nitrogen and oxygen atoms in total. The molecule has 4 heavy (non-hydrogen) atoms. The highest BCUT2D eigenvalue weighted by Crippen LogP contribution is 1.74. The lowest BCUT2D eigenvalue weighted by molar-refractivity contribution is 1.34. The molecule has 0 aliphatic rings. The Morgan fingerprint density at radius 1 is 1.75 bits per heavy atom. The van der Waals surface area contributed by atoms with Gasteiger partial charge in [-0.25, -0.2) is 0 Å². The molecule has 0 spiro atoms. The highest BCUT2D eigenvalue weighted by molar-refractivity contribution is 14.1. The zero-order valence-corrected chi connectivity index (χ0v) is 6.28. The lowest BCUT2D eigenvalue weighted by Gasteiger charge is -1.70. The Hall–Kier alpha value is 1.42. The van der Waals surface area contributed by atoms with Crippen LogP contribution in [0.1, 0.15) is 0 Å². The summed E-state index contributed by atoms with van der Waals surface area (Å²) in [4.78, 5) is 0. The number of nitrogens with one attached hydrogen (secondary N) is 1. The minimum Gasteiger partial charge on any atom is -0.251 e. The standard InChI is InChI=1S/CH3I2N/c2-1-4-3/h4H,1H2. The Kier molecular flexibility index (Phi) is 5.99. The molecule has 26 valence electrons. The van der Waals surface area contributed by atoms with Gasteiger partial charge in [0.1, 0.15) is 0 Å². The third kappa shape index (κ3) is 3.42. The van der Waals surface area contributed by atoms with E-state index in [2.05, 4.69) is 49.0 Å². The summed E-state index contributed by atoms with van der Waals surface area (Å²) < 4.78 is 3.91. The fourth-order valence-corrected chi connectivity index (χ4v) is 0. The molecule has 0 aromatic carbocycles. The van der Waals surface area contributed by atoms with Crippen molar-refractivity contribution in [1.29, 1.82) is 0 Å². The van der Waals surface area contributed by atoms with Gasteiger partial charge < -0.3 is 0 Å². The lowest BCUT2D eigenvalue weighted by atomic mass is 11.6. The topological polar surface area (TPSA) is 12.0 Å². The molecule has 0 aliphatic carbocycles. The van der Waals surface area contributed by atoms with Crippen molar-refractivity contribution in [2.45, 2.75) is 0 Å². The molecule has 0 rings (SSSR count). The SMILES string of the molecule is ICNI. The van der Waals surface area contributed by atoms with Crippen LogP contribution >= 0.6 is 45.5 Å². The first kappa shape index (κ1) is 5.42. The fourth-order valence-electron chi connectivity index (χ4n) is 0. The van der Waals surface area contributed by atoms with Crippen LogP contribution in [-0.2, 0) is 0 Å². The Bertz CT molecular complexity index is 8.00. The minimum atomic E-state index is 1.03. The van der Waals surface area contributed by atoms with Crippen molar-refractivity contribution in [3.05, 3.63) is 0 Å².